The third-order valence-corrected chi connectivity index (χ3v) is 6.61. The number of benzene rings is 1. The van der Waals surface area contributed by atoms with Crippen molar-refractivity contribution in [1.82, 2.24) is 15.0 Å². The first-order valence-corrected chi connectivity index (χ1v) is 11.5. The third-order valence-electron chi connectivity index (χ3n) is 6.61. The van der Waals surface area contributed by atoms with Crippen molar-refractivity contribution in [3.63, 3.8) is 0 Å². The standard InChI is InChI=1S/C27H29FN4O2/c1-15(2)26-31-14-19(25(29)34)23(32-26)22-18(17-7-5-6-8-21(17)28)11-12-30-24(22)20-10-9-16(33)13-27(20,3)4/h5-8,11-12,14-15,20H,9-10,13H2,1-4H3,(H2,29,34). The van der Waals surface area contributed by atoms with E-state index in [-0.39, 0.29) is 28.6 Å². The highest BCUT2D eigenvalue weighted by Gasteiger charge is 2.40. The van der Waals surface area contributed by atoms with E-state index < -0.39 is 11.7 Å². The van der Waals surface area contributed by atoms with Gasteiger partial charge in [-0.2, -0.15) is 0 Å². The van der Waals surface area contributed by atoms with Crippen LogP contribution in [-0.2, 0) is 4.79 Å². The highest BCUT2D eigenvalue weighted by molar-refractivity contribution is 6.01. The Hall–Kier alpha value is -3.48. The lowest BCUT2D eigenvalue weighted by Crippen LogP contribution is -2.32. The second-order valence-corrected chi connectivity index (χ2v) is 9.90. The zero-order chi connectivity index (χ0) is 24.6. The van der Waals surface area contributed by atoms with E-state index in [2.05, 4.69) is 4.98 Å². The van der Waals surface area contributed by atoms with Crippen molar-refractivity contribution in [3.8, 4) is 22.4 Å². The molecule has 0 spiro atoms. The van der Waals surface area contributed by atoms with Gasteiger partial charge in [0.1, 0.15) is 17.4 Å². The van der Waals surface area contributed by atoms with Crippen LogP contribution in [0.25, 0.3) is 22.4 Å². The number of Topliss-reactive ketones (excluding diaryl/α,β-unsaturated/α-hetero) is 1. The molecule has 1 unspecified atom stereocenters. The summed E-state index contributed by atoms with van der Waals surface area (Å²) in [6, 6.07) is 8.23. The Morgan fingerprint density at radius 3 is 2.53 bits per heavy atom. The Balaban J connectivity index is 2.09. The molecule has 6 nitrogen and oxygen atoms in total. The summed E-state index contributed by atoms with van der Waals surface area (Å²) >= 11 is 0. The smallest absolute Gasteiger partial charge is 0.252 e. The number of carbonyl (C=O) groups excluding carboxylic acids is 2. The van der Waals surface area contributed by atoms with E-state index in [1.54, 1.807) is 30.5 Å². The van der Waals surface area contributed by atoms with E-state index in [0.717, 1.165) is 0 Å². The van der Waals surface area contributed by atoms with Gasteiger partial charge in [0, 0.05) is 48.2 Å². The molecule has 2 N–H and O–H groups in total. The average molecular weight is 461 g/mol. The summed E-state index contributed by atoms with van der Waals surface area (Å²) in [7, 11) is 0. The fraction of sp³-hybridized carbons (Fsp3) is 0.370. The van der Waals surface area contributed by atoms with Gasteiger partial charge in [-0.15, -0.1) is 0 Å². The van der Waals surface area contributed by atoms with Crippen molar-refractivity contribution in [2.24, 2.45) is 11.1 Å². The van der Waals surface area contributed by atoms with Crippen LogP contribution < -0.4 is 5.73 Å². The van der Waals surface area contributed by atoms with Crippen LogP contribution in [0.4, 0.5) is 4.39 Å². The molecular weight excluding hydrogens is 431 g/mol. The van der Waals surface area contributed by atoms with E-state index in [1.165, 1.54) is 12.3 Å². The number of hydrogen-bond acceptors (Lipinski definition) is 5. The molecule has 1 amide bonds. The monoisotopic (exact) mass is 460 g/mol. The minimum atomic E-state index is -0.669. The molecule has 1 aliphatic rings. The van der Waals surface area contributed by atoms with Crippen LogP contribution >= 0.6 is 0 Å². The first kappa shape index (κ1) is 23.7. The second kappa shape index (κ2) is 9.05. The summed E-state index contributed by atoms with van der Waals surface area (Å²) in [4.78, 5) is 38.5. The van der Waals surface area contributed by atoms with Crippen LogP contribution in [0.5, 0.6) is 0 Å². The molecule has 34 heavy (non-hydrogen) atoms. The number of nitrogens with two attached hydrogens (primary N) is 1. The van der Waals surface area contributed by atoms with E-state index in [0.29, 0.717) is 53.2 Å². The van der Waals surface area contributed by atoms with Crippen LogP contribution in [0.1, 0.15) is 80.7 Å². The third kappa shape index (κ3) is 4.34. The van der Waals surface area contributed by atoms with Crippen molar-refractivity contribution in [1.29, 1.82) is 0 Å². The molecule has 7 heteroatoms. The lowest BCUT2D eigenvalue weighted by Gasteiger charge is -2.38. The van der Waals surface area contributed by atoms with Crippen LogP contribution in [-0.4, -0.2) is 26.6 Å². The van der Waals surface area contributed by atoms with Gasteiger partial charge >= 0.3 is 0 Å². The van der Waals surface area contributed by atoms with Gasteiger partial charge in [0.25, 0.3) is 5.91 Å². The van der Waals surface area contributed by atoms with Gasteiger partial charge in [0.05, 0.1) is 17.0 Å². The van der Waals surface area contributed by atoms with Gasteiger partial charge in [-0.3, -0.25) is 14.6 Å². The highest BCUT2D eigenvalue weighted by Crippen LogP contribution is 2.49. The zero-order valence-electron chi connectivity index (χ0n) is 19.9. The fourth-order valence-corrected chi connectivity index (χ4v) is 4.86. The van der Waals surface area contributed by atoms with Gasteiger partial charge in [-0.05, 0) is 29.5 Å². The maximum absolute atomic E-state index is 15.0. The topological polar surface area (TPSA) is 98.8 Å². The number of carbonyl (C=O) groups is 2. The Kier molecular flexibility index (Phi) is 6.30. The van der Waals surface area contributed by atoms with Crippen molar-refractivity contribution in [2.75, 3.05) is 0 Å². The number of pyridine rings is 1. The Morgan fingerprint density at radius 2 is 1.88 bits per heavy atom. The molecule has 176 valence electrons. The molecule has 1 saturated carbocycles. The molecule has 1 aliphatic carbocycles. The average Bonchev–Trinajstić information content (AvgIpc) is 2.78. The molecule has 3 aromatic rings. The van der Waals surface area contributed by atoms with E-state index in [4.69, 9.17) is 15.7 Å². The Labute approximate surface area is 198 Å². The number of ketones is 1. The predicted octanol–water partition coefficient (Wildman–Crippen LogP) is 5.43. The largest absolute Gasteiger partial charge is 0.365 e. The number of primary amides is 1. The molecule has 1 fully saturated rings. The zero-order valence-corrected chi connectivity index (χ0v) is 19.9. The molecule has 2 aromatic heterocycles. The molecular formula is C27H29FN4O2. The number of halogens is 1. The number of rotatable bonds is 5. The number of aromatic nitrogens is 3. The van der Waals surface area contributed by atoms with Crippen LogP contribution in [0.2, 0.25) is 0 Å². The van der Waals surface area contributed by atoms with E-state index in [1.807, 2.05) is 27.7 Å². The minimum absolute atomic E-state index is 0.00134. The molecule has 1 atom stereocenters. The Bertz CT molecular complexity index is 1270. The maximum atomic E-state index is 15.0. The van der Waals surface area contributed by atoms with Crippen molar-refractivity contribution in [2.45, 2.75) is 58.8 Å². The molecule has 0 radical (unpaired) electrons. The summed E-state index contributed by atoms with van der Waals surface area (Å²) < 4.78 is 15.0. The summed E-state index contributed by atoms with van der Waals surface area (Å²) in [5.41, 5.74) is 8.08. The predicted molar refractivity (Wildman–Crippen MR) is 129 cm³/mol. The van der Waals surface area contributed by atoms with Gasteiger partial charge < -0.3 is 5.73 Å². The first-order chi connectivity index (χ1) is 16.1. The molecule has 0 saturated heterocycles. The lowest BCUT2D eigenvalue weighted by atomic mass is 9.66. The molecule has 2 heterocycles. The molecule has 4 rings (SSSR count). The minimum Gasteiger partial charge on any atom is -0.365 e. The van der Waals surface area contributed by atoms with Gasteiger partial charge in [-0.25, -0.2) is 14.4 Å². The maximum Gasteiger partial charge on any atom is 0.252 e. The normalized spacial score (nSPS) is 17.7. The highest BCUT2D eigenvalue weighted by atomic mass is 19.1. The summed E-state index contributed by atoms with van der Waals surface area (Å²) in [6.07, 6.45) is 4.58. The SMILES string of the molecule is CC(C)c1ncc(C(N)=O)c(-c2c(-c3ccccc3F)ccnc2C2CCC(=O)CC2(C)C)n1. The molecule has 1 aromatic carbocycles. The number of nitrogens with zero attached hydrogens (tertiary/aromatic N) is 3. The van der Waals surface area contributed by atoms with Gasteiger partial charge in [0.2, 0.25) is 0 Å². The summed E-state index contributed by atoms with van der Waals surface area (Å²) in [5, 5.41) is 0. The summed E-state index contributed by atoms with van der Waals surface area (Å²) in [6.45, 7) is 8.01. The second-order valence-electron chi connectivity index (χ2n) is 9.90. The fourth-order valence-electron chi connectivity index (χ4n) is 4.86. The molecule has 0 aliphatic heterocycles. The Morgan fingerprint density at radius 1 is 1.15 bits per heavy atom. The van der Waals surface area contributed by atoms with Crippen LogP contribution in [0.3, 0.4) is 0 Å². The number of amides is 1. The van der Waals surface area contributed by atoms with Crippen LogP contribution in [0, 0.1) is 11.2 Å². The van der Waals surface area contributed by atoms with Gasteiger partial charge in [-0.1, -0.05) is 45.9 Å². The van der Waals surface area contributed by atoms with Crippen molar-refractivity contribution < 1.29 is 14.0 Å². The lowest BCUT2D eigenvalue weighted by molar-refractivity contribution is -0.123. The summed E-state index contributed by atoms with van der Waals surface area (Å²) in [5.74, 6) is -0.385. The van der Waals surface area contributed by atoms with Gasteiger partial charge in [0.15, 0.2) is 0 Å². The number of hydrogen-bond donors (Lipinski definition) is 1. The van der Waals surface area contributed by atoms with Crippen molar-refractivity contribution >= 4 is 11.7 Å². The van der Waals surface area contributed by atoms with Crippen LogP contribution in [0.15, 0.2) is 42.7 Å². The van der Waals surface area contributed by atoms with E-state index in [9.17, 15) is 9.59 Å². The quantitative estimate of drug-likeness (QED) is 0.547. The van der Waals surface area contributed by atoms with Crippen molar-refractivity contribution in [3.05, 3.63) is 65.6 Å². The first-order valence-electron chi connectivity index (χ1n) is 11.5. The van der Waals surface area contributed by atoms with E-state index >= 15 is 4.39 Å². The molecule has 0 bridgehead atoms.